The van der Waals surface area contributed by atoms with Gasteiger partial charge in [-0.1, -0.05) is 12.8 Å². The lowest BCUT2D eigenvalue weighted by atomic mass is 10.0. The molecule has 0 bridgehead atoms. The first kappa shape index (κ1) is 15.9. The van der Waals surface area contributed by atoms with Gasteiger partial charge in [-0.05, 0) is 62.4 Å². The topological polar surface area (TPSA) is 15.3 Å². The molecule has 1 unspecified atom stereocenters. The van der Waals surface area contributed by atoms with Crippen molar-refractivity contribution in [1.82, 2.24) is 5.32 Å². The van der Waals surface area contributed by atoms with Crippen LogP contribution in [0.4, 0.5) is 10.1 Å². The number of anilines is 1. The molecule has 0 aliphatic heterocycles. The maximum Gasteiger partial charge on any atom is 0.126 e. The summed E-state index contributed by atoms with van der Waals surface area (Å²) < 4.78 is 14.0. The van der Waals surface area contributed by atoms with Crippen LogP contribution in [0.3, 0.4) is 0 Å². The third-order valence-corrected chi connectivity index (χ3v) is 4.08. The molecule has 1 N–H and O–H groups in total. The van der Waals surface area contributed by atoms with Gasteiger partial charge in [-0.3, -0.25) is 0 Å². The predicted octanol–water partition coefficient (Wildman–Crippen LogP) is 3.65. The summed E-state index contributed by atoms with van der Waals surface area (Å²) in [6, 6.07) is 3.71. The van der Waals surface area contributed by atoms with Crippen molar-refractivity contribution in [2.75, 3.05) is 24.5 Å². The van der Waals surface area contributed by atoms with Gasteiger partial charge in [0.1, 0.15) is 5.82 Å². The largest absolute Gasteiger partial charge is 0.360 e. The first-order valence-electron chi connectivity index (χ1n) is 7.78. The highest BCUT2D eigenvalue weighted by Crippen LogP contribution is 2.34. The number of hydrogen-bond donors (Lipinski definition) is 1. The van der Waals surface area contributed by atoms with Crippen molar-refractivity contribution in [2.24, 2.45) is 5.92 Å². The number of aryl methyl sites for hydroxylation is 1. The van der Waals surface area contributed by atoms with Crippen LogP contribution in [0.15, 0.2) is 12.1 Å². The number of hydrogen-bond acceptors (Lipinski definition) is 2. The lowest BCUT2D eigenvalue weighted by Gasteiger charge is -2.28. The Labute approximate surface area is 127 Å². The van der Waals surface area contributed by atoms with Crippen LogP contribution in [-0.4, -0.2) is 19.6 Å². The van der Waals surface area contributed by atoms with Crippen LogP contribution in [0.1, 0.15) is 43.9 Å². The molecule has 1 aliphatic rings. The summed E-state index contributed by atoms with van der Waals surface area (Å²) in [5.74, 6) is 3.34. The van der Waals surface area contributed by atoms with E-state index < -0.39 is 0 Å². The molecule has 1 fully saturated rings. The number of halogens is 1. The third kappa shape index (κ3) is 3.98. The molecule has 2 rings (SSSR count). The second-order valence-electron chi connectivity index (χ2n) is 5.97. The minimum atomic E-state index is -0.148. The molecule has 0 aromatic heterocycles. The highest BCUT2D eigenvalue weighted by molar-refractivity contribution is 5.58. The highest BCUT2D eigenvalue weighted by atomic mass is 19.1. The van der Waals surface area contributed by atoms with Crippen molar-refractivity contribution in [1.29, 1.82) is 0 Å². The smallest absolute Gasteiger partial charge is 0.126 e. The summed E-state index contributed by atoms with van der Waals surface area (Å²) in [6.07, 6.45) is 8.09. The van der Waals surface area contributed by atoms with E-state index in [4.69, 9.17) is 6.42 Å². The van der Waals surface area contributed by atoms with E-state index in [1.165, 1.54) is 12.8 Å². The molecular weight excluding hydrogens is 263 g/mol. The molecule has 1 aliphatic carbocycles. The Bertz CT molecular complexity index is 529. The fourth-order valence-electron chi connectivity index (χ4n) is 2.69. The van der Waals surface area contributed by atoms with E-state index in [0.717, 1.165) is 30.3 Å². The maximum atomic E-state index is 14.0. The first-order valence-corrected chi connectivity index (χ1v) is 7.78. The molecular formula is C18H25FN2. The van der Waals surface area contributed by atoms with Crippen LogP contribution in [0.2, 0.25) is 0 Å². The van der Waals surface area contributed by atoms with Gasteiger partial charge in [-0.25, -0.2) is 4.39 Å². The summed E-state index contributed by atoms with van der Waals surface area (Å²) in [5, 5.41) is 3.37. The van der Waals surface area contributed by atoms with E-state index in [9.17, 15) is 4.39 Å². The average molecular weight is 288 g/mol. The lowest BCUT2D eigenvalue weighted by molar-refractivity contribution is 0.577. The molecule has 1 atom stereocenters. The zero-order chi connectivity index (χ0) is 15.4. The van der Waals surface area contributed by atoms with Crippen molar-refractivity contribution >= 4 is 5.69 Å². The number of nitrogens with one attached hydrogen (secondary N) is 1. The standard InChI is InChI=1S/C18H25FN2/c1-5-9-21(12-15-7-8-15)18-10-13(3)17(19)11-16(18)14(4)20-6-2/h1,10-11,14-15,20H,6-9,12H2,2-4H3. The van der Waals surface area contributed by atoms with Gasteiger partial charge in [0, 0.05) is 18.3 Å². The van der Waals surface area contributed by atoms with E-state index in [1.807, 2.05) is 13.0 Å². The van der Waals surface area contributed by atoms with E-state index in [1.54, 1.807) is 6.07 Å². The molecule has 0 spiro atoms. The summed E-state index contributed by atoms with van der Waals surface area (Å²) in [6.45, 7) is 8.35. The van der Waals surface area contributed by atoms with Gasteiger partial charge in [0.2, 0.25) is 0 Å². The molecule has 3 heteroatoms. The van der Waals surface area contributed by atoms with Crippen LogP contribution in [0.25, 0.3) is 0 Å². The second-order valence-corrected chi connectivity index (χ2v) is 5.97. The zero-order valence-corrected chi connectivity index (χ0v) is 13.2. The van der Waals surface area contributed by atoms with Crippen molar-refractivity contribution in [3.8, 4) is 12.3 Å². The number of benzene rings is 1. The van der Waals surface area contributed by atoms with E-state index >= 15 is 0 Å². The Morgan fingerprint density at radius 2 is 2.19 bits per heavy atom. The van der Waals surface area contributed by atoms with Crippen LogP contribution in [0, 0.1) is 31.0 Å². The first-order chi connectivity index (χ1) is 10.1. The summed E-state index contributed by atoms with van der Waals surface area (Å²) >= 11 is 0. The van der Waals surface area contributed by atoms with Crippen molar-refractivity contribution in [3.63, 3.8) is 0 Å². The molecule has 114 valence electrons. The Hall–Kier alpha value is -1.53. The summed E-state index contributed by atoms with van der Waals surface area (Å²) in [5.41, 5.74) is 2.75. The van der Waals surface area contributed by atoms with Crippen LogP contribution in [0.5, 0.6) is 0 Å². The highest BCUT2D eigenvalue weighted by Gasteiger charge is 2.26. The second kappa shape index (κ2) is 6.95. The zero-order valence-electron chi connectivity index (χ0n) is 13.2. The number of rotatable bonds is 7. The van der Waals surface area contributed by atoms with Gasteiger partial charge in [-0.15, -0.1) is 6.42 Å². The number of terminal acetylenes is 1. The Kier molecular flexibility index (Phi) is 5.25. The average Bonchev–Trinajstić information content (AvgIpc) is 3.25. The quantitative estimate of drug-likeness (QED) is 0.770. The van der Waals surface area contributed by atoms with Gasteiger partial charge >= 0.3 is 0 Å². The van der Waals surface area contributed by atoms with Gasteiger partial charge in [0.05, 0.1) is 6.54 Å². The molecule has 0 amide bonds. The Morgan fingerprint density at radius 3 is 2.76 bits per heavy atom. The van der Waals surface area contributed by atoms with Gasteiger partial charge < -0.3 is 10.2 Å². The van der Waals surface area contributed by atoms with Crippen molar-refractivity contribution < 1.29 is 4.39 Å². The third-order valence-electron chi connectivity index (χ3n) is 4.08. The van der Waals surface area contributed by atoms with Crippen molar-refractivity contribution in [2.45, 2.75) is 39.7 Å². The Morgan fingerprint density at radius 1 is 1.48 bits per heavy atom. The molecule has 1 aromatic carbocycles. The summed E-state index contributed by atoms with van der Waals surface area (Å²) in [7, 11) is 0. The molecule has 1 saturated carbocycles. The van der Waals surface area contributed by atoms with Gasteiger partial charge in [0.25, 0.3) is 0 Å². The van der Waals surface area contributed by atoms with E-state index in [-0.39, 0.29) is 11.9 Å². The van der Waals surface area contributed by atoms with Gasteiger partial charge in [-0.2, -0.15) is 0 Å². The normalized spacial score (nSPS) is 15.6. The molecule has 0 heterocycles. The van der Waals surface area contributed by atoms with Crippen LogP contribution >= 0.6 is 0 Å². The monoisotopic (exact) mass is 288 g/mol. The predicted molar refractivity (Wildman–Crippen MR) is 87.0 cm³/mol. The molecule has 2 nitrogen and oxygen atoms in total. The van der Waals surface area contributed by atoms with E-state index in [0.29, 0.717) is 12.1 Å². The summed E-state index contributed by atoms with van der Waals surface area (Å²) in [4.78, 5) is 2.23. The molecule has 0 radical (unpaired) electrons. The molecule has 1 aromatic rings. The minimum absolute atomic E-state index is 0.111. The van der Waals surface area contributed by atoms with Crippen LogP contribution in [-0.2, 0) is 0 Å². The number of nitrogens with zero attached hydrogens (tertiary/aromatic N) is 1. The fraction of sp³-hybridized carbons (Fsp3) is 0.556. The lowest BCUT2D eigenvalue weighted by Crippen LogP contribution is -2.29. The van der Waals surface area contributed by atoms with Gasteiger partial charge in [0.15, 0.2) is 0 Å². The van der Waals surface area contributed by atoms with Crippen molar-refractivity contribution in [3.05, 3.63) is 29.1 Å². The maximum absolute atomic E-state index is 14.0. The minimum Gasteiger partial charge on any atom is -0.360 e. The fourth-order valence-corrected chi connectivity index (χ4v) is 2.69. The Balaban J connectivity index is 2.37. The molecule has 21 heavy (non-hydrogen) atoms. The van der Waals surface area contributed by atoms with Crippen LogP contribution < -0.4 is 10.2 Å². The van der Waals surface area contributed by atoms with E-state index in [2.05, 4.69) is 30.0 Å². The molecule has 0 saturated heterocycles. The SMILES string of the molecule is C#CCN(CC1CC1)c1cc(C)c(F)cc1C(C)NCC.